The summed E-state index contributed by atoms with van der Waals surface area (Å²) in [5.41, 5.74) is 0.248. The first kappa shape index (κ1) is 8.88. The predicted molar refractivity (Wildman–Crippen MR) is 40.2 cm³/mol. The smallest absolute Gasteiger partial charge is 0.245 e. The summed E-state index contributed by atoms with van der Waals surface area (Å²) in [6.45, 7) is 3.51. The predicted octanol–water partition coefficient (Wildman–Crippen LogP) is 2.13. The molecule has 10 heavy (non-hydrogen) atoms. The van der Waals surface area contributed by atoms with Crippen LogP contribution in [0.2, 0.25) is 0 Å². The normalized spacial score (nSPS) is 12.4. The summed E-state index contributed by atoms with van der Waals surface area (Å²) >= 11 is 0. The van der Waals surface area contributed by atoms with Gasteiger partial charge in [0.15, 0.2) is 0 Å². The molecular formula is C7H11NO2. The van der Waals surface area contributed by atoms with Gasteiger partial charge in [0.1, 0.15) is 0 Å². The van der Waals surface area contributed by atoms with Crippen molar-refractivity contribution >= 4 is 0 Å². The van der Waals surface area contributed by atoms with Gasteiger partial charge in [0.25, 0.3) is 0 Å². The lowest BCUT2D eigenvalue weighted by atomic mass is 10.3. The molecule has 0 spiro atoms. The third-order valence-corrected chi connectivity index (χ3v) is 1.13. The molecule has 0 bridgehead atoms. The Morgan fingerprint density at radius 1 is 1.60 bits per heavy atom. The fourth-order valence-electron chi connectivity index (χ4n) is 0.536. The van der Waals surface area contributed by atoms with Gasteiger partial charge in [-0.05, 0) is 19.9 Å². The van der Waals surface area contributed by atoms with E-state index >= 15 is 0 Å². The van der Waals surface area contributed by atoms with Crippen LogP contribution < -0.4 is 0 Å². The summed E-state index contributed by atoms with van der Waals surface area (Å²) in [7, 11) is 0. The molecule has 0 N–H and O–H groups in total. The average molecular weight is 141 g/mol. The van der Waals surface area contributed by atoms with Crippen LogP contribution in [0.1, 0.15) is 20.3 Å². The molecule has 0 fully saturated rings. The van der Waals surface area contributed by atoms with E-state index in [4.69, 9.17) is 0 Å². The molecule has 56 valence electrons. The lowest BCUT2D eigenvalue weighted by Crippen LogP contribution is -1.96. The van der Waals surface area contributed by atoms with Crippen LogP contribution in [0.4, 0.5) is 0 Å². The van der Waals surface area contributed by atoms with Crippen LogP contribution in [0.3, 0.4) is 0 Å². The minimum atomic E-state index is -0.361. The second kappa shape index (κ2) is 4.73. The Morgan fingerprint density at radius 2 is 2.20 bits per heavy atom. The van der Waals surface area contributed by atoms with E-state index in [9.17, 15) is 10.1 Å². The molecule has 0 atom stereocenters. The van der Waals surface area contributed by atoms with Gasteiger partial charge < -0.3 is 0 Å². The Bertz CT molecular complexity index is 170. The van der Waals surface area contributed by atoms with E-state index in [1.54, 1.807) is 19.1 Å². The van der Waals surface area contributed by atoms with Crippen molar-refractivity contribution in [3.8, 4) is 0 Å². The van der Waals surface area contributed by atoms with Crippen molar-refractivity contribution < 1.29 is 4.92 Å². The topological polar surface area (TPSA) is 43.1 Å². The molecule has 0 unspecified atom stereocenters. The Labute approximate surface area is 60.2 Å². The summed E-state index contributed by atoms with van der Waals surface area (Å²) in [5.74, 6) is 0. The molecule has 0 rings (SSSR count). The average Bonchev–Trinajstić information content (AvgIpc) is 1.89. The molecule has 0 heterocycles. The van der Waals surface area contributed by atoms with Crippen molar-refractivity contribution in [3.63, 3.8) is 0 Å². The van der Waals surface area contributed by atoms with Crippen LogP contribution >= 0.6 is 0 Å². The molecule has 0 aromatic rings. The highest BCUT2D eigenvalue weighted by molar-refractivity contribution is 4.97. The van der Waals surface area contributed by atoms with Crippen LogP contribution in [0.15, 0.2) is 23.9 Å². The van der Waals surface area contributed by atoms with E-state index in [1.807, 2.05) is 6.92 Å². The molecule has 0 saturated heterocycles. The van der Waals surface area contributed by atoms with E-state index in [-0.39, 0.29) is 10.6 Å². The van der Waals surface area contributed by atoms with Gasteiger partial charge in [-0.3, -0.25) is 10.1 Å². The zero-order chi connectivity index (χ0) is 7.98. The highest BCUT2D eigenvalue weighted by atomic mass is 16.6. The van der Waals surface area contributed by atoms with Gasteiger partial charge in [-0.15, -0.1) is 0 Å². The van der Waals surface area contributed by atoms with E-state index < -0.39 is 0 Å². The molecular weight excluding hydrogens is 130 g/mol. The highest BCUT2D eigenvalue weighted by Gasteiger charge is 2.03. The largest absolute Gasteiger partial charge is 0.259 e. The standard InChI is InChI=1S/C7H11NO2/c1-3-5-6-7(4-2)8(9)10/h3-5H,6H2,1-2H3/b5-3-,7-4-. The van der Waals surface area contributed by atoms with Gasteiger partial charge in [-0.2, -0.15) is 0 Å². The summed E-state index contributed by atoms with van der Waals surface area (Å²) in [6, 6.07) is 0. The number of rotatable bonds is 3. The molecule has 0 radical (unpaired) electrons. The van der Waals surface area contributed by atoms with Crippen LogP contribution in [-0.2, 0) is 0 Å². The second-order valence-corrected chi connectivity index (χ2v) is 1.81. The zero-order valence-corrected chi connectivity index (χ0v) is 6.20. The number of allylic oxidation sites excluding steroid dienone is 3. The minimum absolute atomic E-state index is 0.248. The van der Waals surface area contributed by atoms with Crippen molar-refractivity contribution in [2.75, 3.05) is 0 Å². The van der Waals surface area contributed by atoms with Crippen molar-refractivity contribution in [1.82, 2.24) is 0 Å². The third kappa shape index (κ3) is 3.02. The lowest BCUT2D eigenvalue weighted by molar-refractivity contribution is -0.426. The second-order valence-electron chi connectivity index (χ2n) is 1.81. The monoisotopic (exact) mass is 141 g/mol. The van der Waals surface area contributed by atoms with Crippen LogP contribution in [0, 0.1) is 10.1 Å². The Morgan fingerprint density at radius 3 is 2.50 bits per heavy atom. The first-order valence-electron chi connectivity index (χ1n) is 3.13. The maximum Gasteiger partial charge on any atom is 0.245 e. The number of hydrogen-bond donors (Lipinski definition) is 0. The van der Waals surface area contributed by atoms with Crippen molar-refractivity contribution in [2.24, 2.45) is 0 Å². The van der Waals surface area contributed by atoms with Gasteiger partial charge in [0, 0.05) is 0 Å². The van der Waals surface area contributed by atoms with Crippen molar-refractivity contribution in [2.45, 2.75) is 20.3 Å². The zero-order valence-electron chi connectivity index (χ0n) is 6.20. The minimum Gasteiger partial charge on any atom is -0.259 e. The van der Waals surface area contributed by atoms with E-state index in [0.717, 1.165) is 0 Å². The molecule has 0 aromatic heterocycles. The number of nitro groups is 1. The summed E-state index contributed by atoms with van der Waals surface area (Å²) < 4.78 is 0. The molecule has 0 aliphatic carbocycles. The van der Waals surface area contributed by atoms with Crippen molar-refractivity contribution in [1.29, 1.82) is 0 Å². The molecule has 3 nitrogen and oxygen atoms in total. The van der Waals surface area contributed by atoms with Crippen LogP contribution in [0.5, 0.6) is 0 Å². The van der Waals surface area contributed by atoms with Crippen LogP contribution in [-0.4, -0.2) is 4.92 Å². The van der Waals surface area contributed by atoms with Gasteiger partial charge >= 0.3 is 0 Å². The maximum atomic E-state index is 10.1. The number of hydrogen-bond acceptors (Lipinski definition) is 2. The first-order chi connectivity index (χ1) is 4.72. The molecule has 0 aliphatic rings. The fourth-order valence-corrected chi connectivity index (χ4v) is 0.536. The van der Waals surface area contributed by atoms with Crippen LogP contribution in [0.25, 0.3) is 0 Å². The third-order valence-electron chi connectivity index (χ3n) is 1.13. The molecule has 0 saturated carbocycles. The Hall–Kier alpha value is -1.12. The van der Waals surface area contributed by atoms with E-state index in [0.29, 0.717) is 6.42 Å². The van der Waals surface area contributed by atoms with Gasteiger partial charge in [0.2, 0.25) is 5.70 Å². The summed E-state index contributed by atoms with van der Waals surface area (Å²) in [4.78, 5) is 9.78. The first-order valence-corrected chi connectivity index (χ1v) is 3.13. The fraction of sp³-hybridized carbons (Fsp3) is 0.429. The van der Waals surface area contributed by atoms with E-state index in [1.165, 1.54) is 6.08 Å². The lowest BCUT2D eigenvalue weighted by Gasteiger charge is -1.89. The molecule has 3 heteroatoms. The Balaban J connectivity index is 3.99. The SMILES string of the molecule is C/C=C\C/C(=C/C)[N+](=O)[O-]. The number of nitrogens with zero attached hydrogens (tertiary/aromatic N) is 1. The van der Waals surface area contributed by atoms with Gasteiger partial charge in [-0.1, -0.05) is 12.2 Å². The molecule has 0 aliphatic heterocycles. The highest BCUT2D eigenvalue weighted by Crippen LogP contribution is 2.01. The summed E-state index contributed by atoms with van der Waals surface area (Å²) in [5, 5.41) is 10.1. The maximum absolute atomic E-state index is 10.1. The summed E-state index contributed by atoms with van der Waals surface area (Å²) in [6.07, 6.45) is 5.49. The quantitative estimate of drug-likeness (QED) is 0.343. The van der Waals surface area contributed by atoms with E-state index in [2.05, 4.69) is 0 Å². The van der Waals surface area contributed by atoms with Crippen molar-refractivity contribution in [3.05, 3.63) is 34.0 Å². The van der Waals surface area contributed by atoms with Gasteiger partial charge in [-0.25, -0.2) is 0 Å². The molecule has 0 aromatic carbocycles. The molecule has 0 amide bonds. The van der Waals surface area contributed by atoms with Gasteiger partial charge in [0.05, 0.1) is 11.3 Å². The Kier molecular flexibility index (Phi) is 4.20.